The molecule has 0 bridgehead atoms. The van der Waals surface area contributed by atoms with Crippen LogP contribution in [0.2, 0.25) is 5.02 Å². The summed E-state index contributed by atoms with van der Waals surface area (Å²) in [6, 6.07) is 15.0. The van der Waals surface area contributed by atoms with Crippen LogP contribution in [0.1, 0.15) is 18.6 Å². The molecule has 21 heavy (non-hydrogen) atoms. The van der Waals surface area contributed by atoms with E-state index in [1.54, 1.807) is 54.6 Å². The van der Waals surface area contributed by atoms with Crippen LogP contribution in [0.25, 0.3) is 0 Å². The van der Waals surface area contributed by atoms with Gasteiger partial charge in [0.1, 0.15) is 5.75 Å². The number of benzene rings is 2. The van der Waals surface area contributed by atoms with E-state index in [4.69, 9.17) is 21.1 Å². The third kappa shape index (κ3) is 4.33. The molecule has 2 aromatic carbocycles. The van der Waals surface area contributed by atoms with Gasteiger partial charge in [0.2, 0.25) is 6.10 Å². The molecule has 0 amide bonds. The van der Waals surface area contributed by atoms with Gasteiger partial charge in [0.15, 0.2) is 0 Å². The second-order valence-corrected chi connectivity index (χ2v) is 4.71. The topological polar surface area (TPSA) is 52.6 Å². The molecule has 0 aliphatic rings. The number of ether oxygens (including phenoxy) is 2. The Morgan fingerprint density at radius 1 is 1.00 bits per heavy atom. The Morgan fingerprint density at radius 2 is 1.62 bits per heavy atom. The number of halogens is 1. The van der Waals surface area contributed by atoms with E-state index >= 15 is 0 Å². The van der Waals surface area contributed by atoms with Crippen molar-refractivity contribution in [1.82, 2.24) is 0 Å². The summed E-state index contributed by atoms with van der Waals surface area (Å²) in [4.78, 5) is 23.4. The van der Waals surface area contributed by atoms with Crippen molar-refractivity contribution in [3.05, 3.63) is 65.2 Å². The molecule has 108 valence electrons. The summed E-state index contributed by atoms with van der Waals surface area (Å²) in [5.41, 5.74) is 0.548. The van der Waals surface area contributed by atoms with Gasteiger partial charge in [-0.15, -0.1) is 0 Å². The molecule has 0 aliphatic carbocycles. The van der Waals surface area contributed by atoms with Gasteiger partial charge in [0, 0.05) is 17.5 Å². The molecular weight excluding hydrogens is 292 g/mol. The zero-order chi connectivity index (χ0) is 15.2. The summed E-state index contributed by atoms with van der Waals surface area (Å²) >= 11 is 5.77. The highest BCUT2D eigenvalue weighted by Crippen LogP contribution is 2.22. The average molecular weight is 305 g/mol. The van der Waals surface area contributed by atoms with Crippen LogP contribution in [0, 0.1) is 0 Å². The standard InChI is InChI=1S/C16H13ClO4/c1-11(18)20-15(12-5-3-2-4-6-12)16(19)21-14-9-7-13(17)8-10-14/h2-10,15H,1H3/t15-/m0/s1. The van der Waals surface area contributed by atoms with E-state index in [1.807, 2.05) is 0 Å². The van der Waals surface area contributed by atoms with Crippen molar-refractivity contribution in [1.29, 1.82) is 0 Å². The minimum atomic E-state index is -1.10. The highest BCUT2D eigenvalue weighted by atomic mass is 35.5. The molecule has 0 unspecified atom stereocenters. The number of hydrogen-bond acceptors (Lipinski definition) is 4. The molecule has 2 rings (SSSR count). The van der Waals surface area contributed by atoms with Crippen LogP contribution in [-0.2, 0) is 14.3 Å². The van der Waals surface area contributed by atoms with Crippen molar-refractivity contribution in [3.8, 4) is 5.75 Å². The lowest BCUT2D eigenvalue weighted by Gasteiger charge is -2.16. The number of rotatable bonds is 4. The van der Waals surface area contributed by atoms with Gasteiger partial charge in [0.05, 0.1) is 0 Å². The fourth-order valence-corrected chi connectivity index (χ4v) is 1.84. The maximum Gasteiger partial charge on any atom is 0.357 e. The molecule has 0 aromatic heterocycles. The van der Waals surface area contributed by atoms with Gasteiger partial charge in [-0.2, -0.15) is 0 Å². The first-order valence-electron chi connectivity index (χ1n) is 6.25. The Morgan fingerprint density at radius 3 is 2.19 bits per heavy atom. The first-order chi connectivity index (χ1) is 10.1. The average Bonchev–Trinajstić information content (AvgIpc) is 2.48. The molecule has 0 fully saturated rings. The molecule has 5 heteroatoms. The Bertz CT molecular complexity index is 622. The second-order valence-electron chi connectivity index (χ2n) is 4.28. The first-order valence-corrected chi connectivity index (χ1v) is 6.63. The molecule has 0 saturated carbocycles. The fourth-order valence-electron chi connectivity index (χ4n) is 1.72. The minimum absolute atomic E-state index is 0.331. The van der Waals surface area contributed by atoms with Crippen LogP contribution in [0.5, 0.6) is 5.75 Å². The molecule has 1 atom stereocenters. The van der Waals surface area contributed by atoms with Crippen LogP contribution < -0.4 is 4.74 Å². The van der Waals surface area contributed by atoms with E-state index in [0.717, 1.165) is 0 Å². The quantitative estimate of drug-likeness (QED) is 0.640. The molecular formula is C16H13ClO4. The van der Waals surface area contributed by atoms with Crippen molar-refractivity contribution < 1.29 is 19.1 Å². The highest BCUT2D eigenvalue weighted by molar-refractivity contribution is 6.30. The lowest BCUT2D eigenvalue weighted by atomic mass is 10.1. The number of esters is 2. The van der Waals surface area contributed by atoms with E-state index < -0.39 is 18.0 Å². The Hall–Kier alpha value is -2.33. The summed E-state index contributed by atoms with van der Waals surface area (Å²) in [6.07, 6.45) is -1.10. The summed E-state index contributed by atoms with van der Waals surface area (Å²) in [5.74, 6) is -0.895. The van der Waals surface area contributed by atoms with E-state index in [9.17, 15) is 9.59 Å². The van der Waals surface area contributed by atoms with Gasteiger partial charge in [-0.3, -0.25) is 4.79 Å². The number of hydrogen-bond donors (Lipinski definition) is 0. The van der Waals surface area contributed by atoms with Gasteiger partial charge in [-0.25, -0.2) is 4.79 Å². The summed E-state index contributed by atoms with van der Waals surface area (Å²) < 4.78 is 10.3. The van der Waals surface area contributed by atoms with E-state index in [1.165, 1.54) is 6.92 Å². The largest absolute Gasteiger partial charge is 0.446 e. The molecule has 0 aliphatic heterocycles. The Kier molecular flexibility index (Phi) is 4.95. The molecule has 0 heterocycles. The first kappa shape index (κ1) is 15.1. The predicted molar refractivity (Wildman–Crippen MR) is 78.0 cm³/mol. The zero-order valence-corrected chi connectivity index (χ0v) is 12.0. The SMILES string of the molecule is CC(=O)O[C@H](C(=O)Oc1ccc(Cl)cc1)c1ccccc1. The number of carbonyl (C=O) groups is 2. The second kappa shape index (κ2) is 6.90. The normalized spacial score (nSPS) is 11.5. The van der Waals surface area contributed by atoms with E-state index in [2.05, 4.69) is 0 Å². The van der Waals surface area contributed by atoms with Crippen molar-refractivity contribution in [2.45, 2.75) is 13.0 Å². The highest BCUT2D eigenvalue weighted by Gasteiger charge is 2.25. The third-order valence-electron chi connectivity index (χ3n) is 2.63. The lowest BCUT2D eigenvalue weighted by Crippen LogP contribution is -2.23. The van der Waals surface area contributed by atoms with Crippen LogP contribution in [0.15, 0.2) is 54.6 Å². The van der Waals surface area contributed by atoms with Gasteiger partial charge < -0.3 is 9.47 Å². The van der Waals surface area contributed by atoms with E-state index in [-0.39, 0.29) is 0 Å². The summed E-state index contributed by atoms with van der Waals surface area (Å²) in [7, 11) is 0. The zero-order valence-electron chi connectivity index (χ0n) is 11.3. The van der Waals surface area contributed by atoms with Crippen molar-refractivity contribution in [3.63, 3.8) is 0 Å². The maximum atomic E-state index is 12.2. The monoisotopic (exact) mass is 304 g/mol. The maximum absolute atomic E-state index is 12.2. The lowest BCUT2D eigenvalue weighted by molar-refractivity contribution is -0.161. The van der Waals surface area contributed by atoms with Gasteiger partial charge in [0.25, 0.3) is 0 Å². The smallest absolute Gasteiger partial charge is 0.357 e. The molecule has 4 nitrogen and oxygen atoms in total. The minimum Gasteiger partial charge on any atom is -0.446 e. The van der Waals surface area contributed by atoms with Crippen LogP contribution >= 0.6 is 11.6 Å². The van der Waals surface area contributed by atoms with Crippen molar-refractivity contribution >= 4 is 23.5 Å². The van der Waals surface area contributed by atoms with Gasteiger partial charge >= 0.3 is 11.9 Å². The van der Waals surface area contributed by atoms with Crippen molar-refractivity contribution in [2.24, 2.45) is 0 Å². The number of carbonyl (C=O) groups excluding carboxylic acids is 2. The molecule has 0 spiro atoms. The Balaban J connectivity index is 2.18. The van der Waals surface area contributed by atoms with E-state index in [0.29, 0.717) is 16.3 Å². The summed E-state index contributed by atoms with van der Waals surface area (Å²) in [6.45, 7) is 1.24. The van der Waals surface area contributed by atoms with Gasteiger partial charge in [-0.05, 0) is 24.3 Å². The molecule has 2 aromatic rings. The van der Waals surface area contributed by atoms with Crippen LogP contribution in [0.3, 0.4) is 0 Å². The van der Waals surface area contributed by atoms with Crippen LogP contribution in [0.4, 0.5) is 0 Å². The molecule has 0 saturated heterocycles. The predicted octanol–water partition coefficient (Wildman–Crippen LogP) is 3.55. The fraction of sp³-hybridized carbons (Fsp3) is 0.125. The molecule has 0 N–H and O–H groups in total. The summed E-state index contributed by atoms with van der Waals surface area (Å²) in [5, 5.41) is 0.536. The van der Waals surface area contributed by atoms with Crippen molar-refractivity contribution in [2.75, 3.05) is 0 Å². The molecule has 0 radical (unpaired) electrons. The Labute approximate surface area is 127 Å². The van der Waals surface area contributed by atoms with Crippen LogP contribution in [-0.4, -0.2) is 11.9 Å². The van der Waals surface area contributed by atoms with Gasteiger partial charge in [-0.1, -0.05) is 41.9 Å². The third-order valence-corrected chi connectivity index (χ3v) is 2.88.